The second-order valence-electron chi connectivity index (χ2n) is 6.48. The number of rotatable bonds is 9. The summed E-state index contributed by atoms with van der Waals surface area (Å²) in [5.41, 5.74) is 1.72. The molecule has 7 nitrogen and oxygen atoms in total. The van der Waals surface area contributed by atoms with Crippen LogP contribution in [0, 0.1) is 6.92 Å². The summed E-state index contributed by atoms with van der Waals surface area (Å²) >= 11 is 0. The zero-order chi connectivity index (χ0) is 21.4. The summed E-state index contributed by atoms with van der Waals surface area (Å²) in [5, 5.41) is 2.72. The Kier molecular flexibility index (Phi) is 7.81. The number of hydrogen-bond donors (Lipinski definition) is 1. The number of benzene rings is 2. The Bertz CT molecular complexity index is 967. The van der Waals surface area contributed by atoms with Gasteiger partial charge in [-0.05, 0) is 42.8 Å². The molecular formula is C21H26N2O5S. The lowest BCUT2D eigenvalue weighted by atomic mass is 10.2. The lowest BCUT2D eigenvalue weighted by Crippen LogP contribution is -2.26. The molecule has 0 unspecified atom stereocenters. The quantitative estimate of drug-likeness (QED) is 0.500. The van der Waals surface area contributed by atoms with Gasteiger partial charge in [0.2, 0.25) is 15.9 Å². The van der Waals surface area contributed by atoms with Gasteiger partial charge in [0.15, 0.2) is 0 Å². The minimum Gasteiger partial charge on any atom is -0.495 e. The second kappa shape index (κ2) is 10.1. The summed E-state index contributed by atoms with van der Waals surface area (Å²) in [6.07, 6.45) is 2.89. The Balaban J connectivity index is 1.94. The molecule has 0 aliphatic heterocycles. The number of hydrogen-bond acceptors (Lipinski definition) is 5. The minimum absolute atomic E-state index is 0.0408. The normalized spacial score (nSPS) is 11.6. The first kappa shape index (κ1) is 22.4. The van der Waals surface area contributed by atoms with E-state index in [1.807, 2.05) is 31.2 Å². The highest BCUT2D eigenvalue weighted by molar-refractivity contribution is 7.89. The molecular weight excluding hydrogens is 392 g/mol. The first-order valence-electron chi connectivity index (χ1n) is 9.00. The van der Waals surface area contributed by atoms with E-state index in [-0.39, 0.29) is 16.6 Å². The second-order valence-corrected chi connectivity index (χ2v) is 8.60. The lowest BCUT2D eigenvalue weighted by molar-refractivity contribution is -0.116. The number of methoxy groups -OCH3 is 1. The van der Waals surface area contributed by atoms with Crippen LogP contribution < -0.4 is 14.8 Å². The number of ether oxygens (including phenoxy) is 2. The molecule has 2 aromatic rings. The van der Waals surface area contributed by atoms with Gasteiger partial charge in [-0.2, -0.15) is 0 Å². The molecule has 0 saturated heterocycles. The van der Waals surface area contributed by atoms with E-state index in [2.05, 4.69) is 5.32 Å². The Morgan fingerprint density at radius 3 is 2.45 bits per heavy atom. The van der Waals surface area contributed by atoms with Gasteiger partial charge in [0.1, 0.15) is 23.0 Å². The van der Waals surface area contributed by atoms with Gasteiger partial charge in [0, 0.05) is 20.2 Å². The van der Waals surface area contributed by atoms with Gasteiger partial charge < -0.3 is 14.8 Å². The van der Waals surface area contributed by atoms with Crippen molar-refractivity contribution in [3.05, 3.63) is 59.7 Å². The zero-order valence-electron chi connectivity index (χ0n) is 17.0. The molecule has 29 heavy (non-hydrogen) atoms. The van der Waals surface area contributed by atoms with Crippen LogP contribution in [0.4, 0.5) is 0 Å². The molecule has 156 valence electrons. The SMILES string of the molecule is COc1ccc(/C=C/C(=O)NCCOc2ccc(C)cc2)cc1S(=O)(=O)N(C)C. The molecule has 0 spiro atoms. The largest absolute Gasteiger partial charge is 0.495 e. The van der Waals surface area contributed by atoms with Crippen LogP contribution in [0.5, 0.6) is 11.5 Å². The first-order valence-corrected chi connectivity index (χ1v) is 10.4. The van der Waals surface area contributed by atoms with Crippen molar-refractivity contribution >= 4 is 22.0 Å². The molecule has 0 aliphatic rings. The molecule has 0 fully saturated rings. The van der Waals surface area contributed by atoms with Gasteiger partial charge in [-0.25, -0.2) is 12.7 Å². The van der Waals surface area contributed by atoms with Gasteiger partial charge >= 0.3 is 0 Å². The van der Waals surface area contributed by atoms with Crippen molar-refractivity contribution in [1.82, 2.24) is 9.62 Å². The van der Waals surface area contributed by atoms with Gasteiger partial charge in [-0.15, -0.1) is 0 Å². The van der Waals surface area contributed by atoms with Gasteiger partial charge in [-0.1, -0.05) is 23.8 Å². The topological polar surface area (TPSA) is 84.9 Å². The number of sulfonamides is 1. The van der Waals surface area contributed by atoms with Crippen LogP contribution in [0.15, 0.2) is 53.4 Å². The van der Waals surface area contributed by atoms with E-state index in [4.69, 9.17) is 9.47 Å². The Morgan fingerprint density at radius 1 is 1.14 bits per heavy atom. The van der Waals surface area contributed by atoms with Crippen molar-refractivity contribution < 1.29 is 22.7 Å². The van der Waals surface area contributed by atoms with Gasteiger partial charge in [-0.3, -0.25) is 4.79 Å². The van der Waals surface area contributed by atoms with Crippen molar-refractivity contribution in [1.29, 1.82) is 0 Å². The molecule has 2 rings (SSSR count). The highest BCUT2D eigenvalue weighted by atomic mass is 32.2. The van der Waals surface area contributed by atoms with E-state index in [9.17, 15) is 13.2 Å². The molecule has 1 amide bonds. The number of carbonyl (C=O) groups is 1. The average molecular weight is 419 g/mol. The zero-order valence-corrected chi connectivity index (χ0v) is 17.8. The van der Waals surface area contributed by atoms with Crippen molar-refractivity contribution in [2.45, 2.75) is 11.8 Å². The molecule has 1 N–H and O–H groups in total. The summed E-state index contributed by atoms with van der Waals surface area (Å²) in [6.45, 7) is 2.69. The summed E-state index contributed by atoms with van der Waals surface area (Å²) in [5.74, 6) is 0.687. The van der Waals surface area contributed by atoms with E-state index < -0.39 is 10.0 Å². The highest BCUT2D eigenvalue weighted by Crippen LogP contribution is 2.27. The maximum absolute atomic E-state index is 12.4. The summed E-state index contributed by atoms with van der Waals surface area (Å²) in [6, 6.07) is 12.4. The van der Waals surface area contributed by atoms with Crippen LogP contribution in [0.3, 0.4) is 0 Å². The summed E-state index contributed by atoms with van der Waals surface area (Å²) < 4.78 is 36.7. The fourth-order valence-corrected chi connectivity index (χ4v) is 3.49. The predicted octanol–water partition coefficient (Wildman–Crippen LogP) is 2.46. The first-order chi connectivity index (χ1) is 13.7. The number of nitrogens with one attached hydrogen (secondary N) is 1. The highest BCUT2D eigenvalue weighted by Gasteiger charge is 2.22. The molecule has 2 aromatic carbocycles. The third kappa shape index (κ3) is 6.33. The predicted molar refractivity (Wildman–Crippen MR) is 113 cm³/mol. The monoisotopic (exact) mass is 418 g/mol. The molecule has 0 heterocycles. The Morgan fingerprint density at radius 2 is 1.83 bits per heavy atom. The van der Waals surface area contributed by atoms with E-state index >= 15 is 0 Å². The van der Waals surface area contributed by atoms with Crippen molar-refractivity contribution in [2.75, 3.05) is 34.4 Å². The molecule has 0 radical (unpaired) electrons. The fraction of sp³-hybridized carbons (Fsp3) is 0.286. The molecule has 0 atom stereocenters. The minimum atomic E-state index is -3.67. The number of carbonyl (C=O) groups excluding carboxylic acids is 1. The molecule has 0 aromatic heterocycles. The Hall–Kier alpha value is -2.84. The van der Waals surface area contributed by atoms with E-state index in [1.165, 1.54) is 33.3 Å². The average Bonchev–Trinajstić information content (AvgIpc) is 2.70. The van der Waals surface area contributed by atoms with Crippen LogP contribution in [0.1, 0.15) is 11.1 Å². The number of amides is 1. The van der Waals surface area contributed by atoms with Crippen LogP contribution in [-0.2, 0) is 14.8 Å². The van der Waals surface area contributed by atoms with Crippen molar-refractivity contribution in [2.24, 2.45) is 0 Å². The van der Waals surface area contributed by atoms with Gasteiger partial charge in [0.05, 0.1) is 13.7 Å². The molecule has 0 saturated carbocycles. The lowest BCUT2D eigenvalue weighted by Gasteiger charge is -2.15. The fourth-order valence-electron chi connectivity index (χ4n) is 2.40. The van der Waals surface area contributed by atoms with E-state index in [0.717, 1.165) is 15.6 Å². The Labute approximate surface area is 172 Å². The third-order valence-electron chi connectivity index (χ3n) is 4.06. The standard InChI is InChI=1S/C21H26N2O5S/c1-16-5-9-18(10-6-16)28-14-13-22-21(24)12-8-17-7-11-19(27-4)20(15-17)29(25,26)23(2)3/h5-12,15H,13-14H2,1-4H3,(H,22,24)/b12-8+. The third-order valence-corrected chi connectivity index (χ3v) is 5.90. The number of nitrogens with zero attached hydrogens (tertiary/aromatic N) is 1. The van der Waals surface area contributed by atoms with E-state index in [0.29, 0.717) is 18.7 Å². The van der Waals surface area contributed by atoms with Crippen LogP contribution >= 0.6 is 0 Å². The molecule has 8 heteroatoms. The van der Waals surface area contributed by atoms with Crippen LogP contribution in [-0.4, -0.2) is 53.0 Å². The van der Waals surface area contributed by atoms with Crippen molar-refractivity contribution in [3.63, 3.8) is 0 Å². The molecule has 0 aliphatic carbocycles. The maximum atomic E-state index is 12.4. The van der Waals surface area contributed by atoms with Crippen LogP contribution in [0.25, 0.3) is 6.08 Å². The van der Waals surface area contributed by atoms with Crippen molar-refractivity contribution in [3.8, 4) is 11.5 Å². The molecule has 0 bridgehead atoms. The van der Waals surface area contributed by atoms with Gasteiger partial charge in [0.25, 0.3) is 0 Å². The summed E-state index contributed by atoms with van der Waals surface area (Å²) in [4.78, 5) is 12.0. The summed E-state index contributed by atoms with van der Waals surface area (Å²) in [7, 11) is 0.634. The van der Waals surface area contributed by atoms with E-state index in [1.54, 1.807) is 18.2 Å². The number of aryl methyl sites for hydroxylation is 1. The van der Waals surface area contributed by atoms with Crippen LogP contribution in [0.2, 0.25) is 0 Å². The smallest absolute Gasteiger partial charge is 0.246 e. The maximum Gasteiger partial charge on any atom is 0.246 e.